The summed E-state index contributed by atoms with van der Waals surface area (Å²) >= 11 is 0. The number of phenols is 1. The van der Waals surface area contributed by atoms with Crippen LogP contribution in [0.4, 0.5) is 0 Å². The molecule has 0 aliphatic heterocycles. The highest BCUT2D eigenvalue weighted by atomic mass is 16.5. The molecule has 1 rings (SSSR count). The minimum Gasteiger partial charge on any atom is -0.504 e. The predicted molar refractivity (Wildman–Crippen MR) is 67.8 cm³/mol. The van der Waals surface area contributed by atoms with Gasteiger partial charge in [-0.3, -0.25) is 0 Å². The molecule has 0 saturated heterocycles. The van der Waals surface area contributed by atoms with E-state index in [0.717, 1.165) is 12.0 Å². The normalized spacial score (nSPS) is 8.62. The summed E-state index contributed by atoms with van der Waals surface area (Å²) in [6.45, 7) is 7.57. The van der Waals surface area contributed by atoms with Gasteiger partial charge in [-0.1, -0.05) is 18.2 Å². The van der Waals surface area contributed by atoms with Crippen LogP contribution < -0.4 is 10.5 Å². The fraction of sp³-hybridized carbons (Fsp3) is 0.231. The number of methoxy groups -OCH3 is 1. The maximum absolute atomic E-state index is 9.25. The number of hydrogen-bond donors (Lipinski definition) is 2. The number of hydrogen-bond acceptors (Lipinski definition) is 3. The van der Waals surface area contributed by atoms with Crippen LogP contribution in [0.2, 0.25) is 0 Å². The Morgan fingerprint density at radius 1 is 1.38 bits per heavy atom. The van der Waals surface area contributed by atoms with E-state index in [9.17, 15) is 5.11 Å². The molecular formula is C13H19NO2. The van der Waals surface area contributed by atoms with Gasteiger partial charge in [0.25, 0.3) is 0 Å². The largest absolute Gasteiger partial charge is 0.504 e. The summed E-state index contributed by atoms with van der Waals surface area (Å²) in [5.74, 6) is 0.680. The summed E-state index contributed by atoms with van der Waals surface area (Å²) in [4.78, 5) is 0. The van der Waals surface area contributed by atoms with Crippen LogP contribution >= 0.6 is 0 Å². The fourth-order valence-electron chi connectivity index (χ4n) is 1.02. The predicted octanol–water partition coefficient (Wildman–Crippen LogP) is 2.26. The molecule has 1 aromatic rings. The monoisotopic (exact) mass is 221 g/mol. The van der Waals surface area contributed by atoms with Crippen LogP contribution in [0.1, 0.15) is 5.56 Å². The summed E-state index contributed by atoms with van der Waals surface area (Å²) in [5.41, 5.74) is 5.99. The third-order valence-electron chi connectivity index (χ3n) is 1.79. The molecule has 0 bridgehead atoms. The summed E-state index contributed by atoms with van der Waals surface area (Å²) in [5, 5.41) is 9.25. The first-order valence-electron chi connectivity index (χ1n) is 4.97. The number of aromatic hydroxyl groups is 1. The van der Waals surface area contributed by atoms with Crippen LogP contribution in [0, 0.1) is 0 Å². The average molecular weight is 221 g/mol. The van der Waals surface area contributed by atoms with Crippen LogP contribution in [0.15, 0.2) is 43.5 Å². The second-order valence-electron chi connectivity index (χ2n) is 3.02. The summed E-state index contributed by atoms with van der Waals surface area (Å²) in [6, 6.07) is 5.27. The van der Waals surface area contributed by atoms with Gasteiger partial charge in [-0.05, 0) is 24.1 Å². The Hall–Kier alpha value is -1.74. The van der Waals surface area contributed by atoms with Crippen molar-refractivity contribution in [2.45, 2.75) is 6.42 Å². The molecule has 3 N–H and O–H groups in total. The van der Waals surface area contributed by atoms with Crippen molar-refractivity contribution in [3.8, 4) is 11.5 Å². The Morgan fingerprint density at radius 2 is 2.00 bits per heavy atom. The molecule has 0 unspecified atom stereocenters. The van der Waals surface area contributed by atoms with E-state index in [1.807, 2.05) is 12.1 Å². The first kappa shape index (κ1) is 14.3. The third-order valence-corrected chi connectivity index (χ3v) is 1.79. The summed E-state index contributed by atoms with van der Waals surface area (Å²) in [6.07, 6.45) is 4.25. The molecule has 1 aromatic carbocycles. The lowest BCUT2D eigenvalue weighted by molar-refractivity contribution is 0.373. The molecule has 3 nitrogen and oxygen atoms in total. The zero-order valence-electron chi connectivity index (χ0n) is 9.65. The van der Waals surface area contributed by atoms with E-state index < -0.39 is 0 Å². The van der Waals surface area contributed by atoms with Crippen molar-refractivity contribution >= 4 is 0 Å². The second-order valence-corrected chi connectivity index (χ2v) is 3.02. The van der Waals surface area contributed by atoms with E-state index in [1.54, 1.807) is 18.2 Å². The maximum atomic E-state index is 9.25. The molecule has 0 aliphatic carbocycles. The lowest BCUT2D eigenvalue weighted by Gasteiger charge is -2.04. The number of allylic oxidation sites excluding steroid dienone is 1. The van der Waals surface area contributed by atoms with E-state index in [4.69, 9.17) is 10.5 Å². The Bertz CT molecular complexity index is 335. The SMILES string of the molecule is C=CCN.C=CCc1ccc(O)c(OC)c1. The van der Waals surface area contributed by atoms with Crippen molar-refractivity contribution in [2.75, 3.05) is 13.7 Å². The number of ether oxygens (including phenoxy) is 1. The van der Waals surface area contributed by atoms with Gasteiger partial charge in [0.15, 0.2) is 11.5 Å². The van der Waals surface area contributed by atoms with Crippen molar-refractivity contribution in [1.29, 1.82) is 0 Å². The standard InChI is InChI=1S/C10H12O2.C3H7N/c1-3-4-8-5-6-9(11)10(7-8)12-2;1-2-3-4/h3,5-7,11H,1,4H2,2H3;2H,1,3-4H2. The molecule has 0 saturated carbocycles. The van der Waals surface area contributed by atoms with Gasteiger partial charge in [-0.15, -0.1) is 13.2 Å². The van der Waals surface area contributed by atoms with Crippen molar-refractivity contribution in [3.05, 3.63) is 49.1 Å². The lowest BCUT2D eigenvalue weighted by atomic mass is 10.1. The van der Waals surface area contributed by atoms with Gasteiger partial charge in [-0.2, -0.15) is 0 Å². The molecule has 0 radical (unpaired) electrons. The van der Waals surface area contributed by atoms with Gasteiger partial charge >= 0.3 is 0 Å². The van der Waals surface area contributed by atoms with Crippen LogP contribution in [0.3, 0.4) is 0 Å². The fourth-order valence-corrected chi connectivity index (χ4v) is 1.02. The highest BCUT2D eigenvalue weighted by molar-refractivity contribution is 5.42. The Morgan fingerprint density at radius 3 is 2.44 bits per heavy atom. The van der Waals surface area contributed by atoms with E-state index in [0.29, 0.717) is 12.3 Å². The van der Waals surface area contributed by atoms with E-state index in [1.165, 1.54) is 7.11 Å². The van der Waals surface area contributed by atoms with Crippen LogP contribution in [-0.2, 0) is 6.42 Å². The molecule has 0 aromatic heterocycles. The van der Waals surface area contributed by atoms with Gasteiger partial charge in [0.1, 0.15) is 0 Å². The van der Waals surface area contributed by atoms with Gasteiger partial charge < -0.3 is 15.6 Å². The number of benzene rings is 1. The molecule has 16 heavy (non-hydrogen) atoms. The van der Waals surface area contributed by atoms with Crippen molar-refractivity contribution in [1.82, 2.24) is 0 Å². The highest BCUT2D eigenvalue weighted by Crippen LogP contribution is 2.26. The highest BCUT2D eigenvalue weighted by Gasteiger charge is 2.00. The van der Waals surface area contributed by atoms with Crippen LogP contribution in [-0.4, -0.2) is 18.8 Å². The van der Waals surface area contributed by atoms with E-state index >= 15 is 0 Å². The topological polar surface area (TPSA) is 55.5 Å². The van der Waals surface area contributed by atoms with Gasteiger partial charge in [0.05, 0.1) is 7.11 Å². The second kappa shape index (κ2) is 8.56. The number of rotatable bonds is 4. The third kappa shape index (κ3) is 5.22. The molecule has 0 aliphatic rings. The van der Waals surface area contributed by atoms with Crippen molar-refractivity contribution in [3.63, 3.8) is 0 Å². The molecule has 3 heteroatoms. The van der Waals surface area contributed by atoms with Crippen molar-refractivity contribution < 1.29 is 9.84 Å². The molecule has 88 valence electrons. The zero-order chi connectivity index (χ0) is 12.4. The average Bonchev–Trinajstić information content (AvgIpc) is 2.32. The number of phenolic OH excluding ortho intramolecular Hbond substituents is 1. The zero-order valence-corrected chi connectivity index (χ0v) is 9.65. The van der Waals surface area contributed by atoms with Crippen LogP contribution in [0.5, 0.6) is 11.5 Å². The van der Waals surface area contributed by atoms with E-state index in [-0.39, 0.29) is 5.75 Å². The molecular weight excluding hydrogens is 202 g/mol. The van der Waals surface area contributed by atoms with Crippen LogP contribution in [0.25, 0.3) is 0 Å². The first-order chi connectivity index (χ1) is 7.69. The summed E-state index contributed by atoms with van der Waals surface area (Å²) in [7, 11) is 1.53. The summed E-state index contributed by atoms with van der Waals surface area (Å²) < 4.78 is 4.95. The molecule has 0 fully saturated rings. The lowest BCUT2D eigenvalue weighted by Crippen LogP contribution is -1.90. The van der Waals surface area contributed by atoms with E-state index in [2.05, 4.69) is 13.2 Å². The molecule has 0 atom stereocenters. The minimum atomic E-state index is 0.172. The Labute approximate surface area is 96.9 Å². The van der Waals surface area contributed by atoms with Gasteiger partial charge in [0.2, 0.25) is 0 Å². The molecule has 0 amide bonds. The molecule has 0 spiro atoms. The molecule has 0 heterocycles. The first-order valence-corrected chi connectivity index (χ1v) is 4.97. The van der Waals surface area contributed by atoms with Gasteiger partial charge in [-0.25, -0.2) is 0 Å². The number of nitrogens with two attached hydrogens (primary N) is 1. The minimum absolute atomic E-state index is 0.172. The Balaban J connectivity index is 0.000000487. The van der Waals surface area contributed by atoms with Crippen molar-refractivity contribution in [2.24, 2.45) is 5.73 Å². The maximum Gasteiger partial charge on any atom is 0.160 e. The smallest absolute Gasteiger partial charge is 0.160 e. The quantitative estimate of drug-likeness (QED) is 0.767. The van der Waals surface area contributed by atoms with Gasteiger partial charge in [0, 0.05) is 6.54 Å². The Kier molecular flexibility index (Phi) is 7.63.